The number of methoxy groups -OCH3 is 1. The maximum atomic E-state index is 5.00. The lowest BCUT2D eigenvalue weighted by molar-refractivity contribution is 0.183. The third-order valence-electron chi connectivity index (χ3n) is 2.57. The average Bonchev–Trinajstić information content (AvgIpc) is 2.75. The summed E-state index contributed by atoms with van der Waals surface area (Å²) in [6.07, 6.45) is 7.29. The lowest BCUT2D eigenvalue weighted by atomic mass is 10.2. The molecule has 0 aliphatic carbocycles. The summed E-state index contributed by atoms with van der Waals surface area (Å²) in [5.74, 6) is 1.08. The third kappa shape index (κ3) is 3.06. The lowest BCUT2D eigenvalue weighted by Crippen LogP contribution is -2.15. The number of hydrogen-bond donors (Lipinski definition) is 1. The molecule has 2 rings (SSSR count). The van der Waals surface area contributed by atoms with Crippen molar-refractivity contribution in [2.24, 2.45) is 4.99 Å². The van der Waals surface area contributed by atoms with E-state index in [2.05, 4.69) is 15.4 Å². The molecule has 0 atom stereocenters. The normalized spacial score (nSPS) is 15.9. The first-order valence-corrected chi connectivity index (χ1v) is 5.70. The predicted octanol–water partition coefficient (Wildman–Crippen LogP) is 1.52. The molecular formula is C11H18N4O. The Morgan fingerprint density at radius 2 is 2.44 bits per heavy atom. The van der Waals surface area contributed by atoms with E-state index in [1.807, 2.05) is 17.1 Å². The Hall–Kier alpha value is -1.36. The zero-order valence-corrected chi connectivity index (χ0v) is 9.65. The van der Waals surface area contributed by atoms with Gasteiger partial charge in [0, 0.05) is 26.3 Å². The van der Waals surface area contributed by atoms with Gasteiger partial charge >= 0.3 is 0 Å². The highest BCUT2D eigenvalue weighted by Crippen LogP contribution is 2.10. The number of aliphatic imine (C=N–C) groups is 1. The van der Waals surface area contributed by atoms with Crippen LogP contribution >= 0.6 is 0 Å². The molecule has 0 bridgehead atoms. The van der Waals surface area contributed by atoms with E-state index >= 15 is 0 Å². The molecular weight excluding hydrogens is 204 g/mol. The Bertz CT molecular complexity index is 359. The Kier molecular flexibility index (Phi) is 3.93. The van der Waals surface area contributed by atoms with Crippen molar-refractivity contribution in [3.8, 4) is 0 Å². The highest BCUT2D eigenvalue weighted by Gasteiger charge is 2.06. The minimum Gasteiger partial charge on any atom is -0.383 e. The molecule has 5 heteroatoms. The summed E-state index contributed by atoms with van der Waals surface area (Å²) < 4.78 is 6.87. The van der Waals surface area contributed by atoms with Crippen LogP contribution in [0, 0.1) is 0 Å². The van der Waals surface area contributed by atoms with E-state index in [1.165, 1.54) is 12.8 Å². The van der Waals surface area contributed by atoms with Crippen molar-refractivity contribution in [2.75, 3.05) is 25.6 Å². The zero-order chi connectivity index (χ0) is 11.2. The molecule has 1 aliphatic rings. The summed E-state index contributed by atoms with van der Waals surface area (Å²) in [5, 5.41) is 7.54. The van der Waals surface area contributed by atoms with E-state index in [-0.39, 0.29) is 0 Å². The number of rotatable bonds is 4. The van der Waals surface area contributed by atoms with E-state index in [4.69, 9.17) is 4.74 Å². The van der Waals surface area contributed by atoms with Gasteiger partial charge in [0.05, 0.1) is 25.0 Å². The van der Waals surface area contributed by atoms with Gasteiger partial charge in [0.2, 0.25) is 0 Å². The predicted molar refractivity (Wildman–Crippen MR) is 63.9 cm³/mol. The first-order valence-electron chi connectivity index (χ1n) is 5.70. The molecule has 0 unspecified atom stereocenters. The molecule has 16 heavy (non-hydrogen) atoms. The summed E-state index contributed by atoms with van der Waals surface area (Å²) in [6.45, 7) is 2.41. The summed E-state index contributed by atoms with van der Waals surface area (Å²) in [4.78, 5) is 4.44. The molecule has 0 radical (unpaired) electrons. The maximum Gasteiger partial charge on any atom is 0.101 e. The Labute approximate surface area is 95.5 Å². The van der Waals surface area contributed by atoms with Crippen molar-refractivity contribution in [1.29, 1.82) is 0 Å². The van der Waals surface area contributed by atoms with E-state index in [9.17, 15) is 0 Å². The SMILES string of the molecule is COCCn1cc(NC2=NCCCC2)cn1. The van der Waals surface area contributed by atoms with Crippen LogP contribution in [-0.2, 0) is 11.3 Å². The molecule has 1 N–H and O–H groups in total. The fourth-order valence-electron chi connectivity index (χ4n) is 1.70. The van der Waals surface area contributed by atoms with Gasteiger partial charge in [0.15, 0.2) is 0 Å². The van der Waals surface area contributed by atoms with Gasteiger partial charge in [-0.05, 0) is 12.8 Å². The van der Waals surface area contributed by atoms with E-state index in [1.54, 1.807) is 7.11 Å². The van der Waals surface area contributed by atoms with E-state index in [0.717, 1.165) is 31.0 Å². The Morgan fingerprint density at radius 3 is 3.19 bits per heavy atom. The highest BCUT2D eigenvalue weighted by molar-refractivity contribution is 5.95. The minimum absolute atomic E-state index is 0.683. The maximum absolute atomic E-state index is 5.00. The molecule has 0 saturated carbocycles. The monoisotopic (exact) mass is 222 g/mol. The van der Waals surface area contributed by atoms with Gasteiger partial charge in [-0.2, -0.15) is 5.10 Å². The first-order chi connectivity index (χ1) is 7.88. The van der Waals surface area contributed by atoms with Crippen LogP contribution in [0.25, 0.3) is 0 Å². The van der Waals surface area contributed by atoms with Crippen LogP contribution in [0.3, 0.4) is 0 Å². The van der Waals surface area contributed by atoms with Crippen molar-refractivity contribution < 1.29 is 4.74 Å². The van der Waals surface area contributed by atoms with Crippen LogP contribution in [0.15, 0.2) is 17.4 Å². The number of aromatic nitrogens is 2. The molecule has 0 spiro atoms. The molecule has 0 fully saturated rings. The summed E-state index contributed by atoms with van der Waals surface area (Å²) >= 11 is 0. The first kappa shape index (κ1) is 11.1. The van der Waals surface area contributed by atoms with Gasteiger partial charge in [0.25, 0.3) is 0 Å². The van der Waals surface area contributed by atoms with Crippen molar-refractivity contribution in [1.82, 2.24) is 9.78 Å². The lowest BCUT2D eigenvalue weighted by Gasteiger charge is -2.12. The molecule has 88 valence electrons. The molecule has 1 aromatic heterocycles. The van der Waals surface area contributed by atoms with Crippen LogP contribution in [-0.4, -0.2) is 35.9 Å². The van der Waals surface area contributed by atoms with Crippen molar-refractivity contribution >= 4 is 11.5 Å². The smallest absolute Gasteiger partial charge is 0.101 e. The van der Waals surface area contributed by atoms with E-state index in [0.29, 0.717) is 6.61 Å². The summed E-state index contributed by atoms with van der Waals surface area (Å²) in [7, 11) is 1.69. The summed E-state index contributed by atoms with van der Waals surface area (Å²) in [5.41, 5.74) is 1.01. The molecule has 0 aromatic carbocycles. The second-order valence-electron chi connectivity index (χ2n) is 3.90. The highest BCUT2D eigenvalue weighted by atomic mass is 16.5. The van der Waals surface area contributed by atoms with Gasteiger partial charge in [-0.25, -0.2) is 0 Å². The number of nitrogens with one attached hydrogen (secondary N) is 1. The van der Waals surface area contributed by atoms with Crippen LogP contribution < -0.4 is 5.32 Å². The van der Waals surface area contributed by atoms with Crippen molar-refractivity contribution in [3.63, 3.8) is 0 Å². The van der Waals surface area contributed by atoms with Crippen molar-refractivity contribution in [2.45, 2.75) is 25.8 Å². The molecule has 2 heterocycles. The molecule has 1 aromatic rings. The number of ether oxygens (including phenoxy) is 1. The number of amidine groups is 1. The molecule has 1 aliphatic heterocycles. The van der Waals surface area contributed by atoms with Crippen LogP contribution in [0.4, 0.5) is 5.69 Å². The largest absolute Gasteiger partial charge is 0.383 e. The van der Waals surface area contributed by atoms with Crippen molar-refractivity contribution in [3.05, 3.63) is 12.4 Å². The summed E-state index contributed by atoms with van der Waals surface area (Å²) in [6, 6.07) is 0. The fourth-order valence-corrected chi connectivity index (χ4v) is 1.70. The second kappa shape index (κ2) is 5.65. The van der Waals surface area contributed by atoms with Gasteiger partial charge in [-0.1, -0.05) is 0 Å². The van der Waals surface area contributed by atoms with Crippen LogP contribution in [0.5, 0.6) is 0 Å². The van der Waals surface area contributed by atoms with E-state index < -0.39 is 0 Å². The molecule has 5 nitrogen and oxygen atoms in total. The number of hydrogen-bond acceptors (Lipinski definition) is 4. The minimum atomic E-state index is 0.683. The Morgan fingerprint density at radius 1 is 1.50 bits per heavy atom. The molecule has 0 saturated heterocycles. The van der Waals surface area contributed by atoms with Gasteiger partial charge in [0.1, 0.15) is 5.84 Å². The number of nitrogens with zero attached hydrogens (tertiary/aromatic N) is 3. The average molecular weight is 222 g/mol. The third-order valence-corrected chi connectivity index (χ3v) is 2.57. The molecule has 0 amide bonds. The fraction of sp³-hybridized carbons (Fsp3) is 0.636. The number of anilines is 1. The Balaban J connectivity index is 1.89. The van der Waals surface area contributed by atoms with Crippen LogP contribution in [0.2, 0.25) is 0 Å². The quantitative estimate of drug-likeness (QED) is 0.840. The standard InChI is InChI=1S/C11H18N4O/c1-16-7-6-15-9-10(8-13-15)14-11-4-2-3-5-12-11/h8-9H,2-7H2,1H3,(H,12,14). The zero-order valence-electron chi connectivity index (χ0n) is 9.65. The second-order valence-corrected chi connectivity index (χ2v) is 3.90. The topological polar surface area (TPSA) is 51.4 Å². The van der Waals surface area contributed by atoms with Gasteiger partial charge < -0.3 is 10.1 Å². The van der Waals surface area contributed by atoms with Gasteiger partial charge in [-0.3, -0.25) is 9.67 Å². The van der Waals surface area contributed by atoms with Gasteiger partial charge in [-0.15, -0.1) is 0 Å². The van der Waals surface area contributed by atoms with Crippen LogP contribution in [0.1, 0.15) is 19.3 Å².